The number of esters is 1. The quantitative estimate of drug-likeness (QED) is 0.619. The van der Waals surface area contributed by atoms with Crippen LogP contribution in [0.4, 0.5) is 5.69 Å². The van der Waals surface area contributed by atoms with Gasteiger partial charge in [0.05, 0.1) is 28.6 Å². The number of hydrogen-bond donors (Lipinski definition) is 1. The molecule has 2 aliphatic heterocycles. The van der Waals surface area contributed by atoms with Crippen molar-refractivity contribution in [1.29, 1.82) is 0 Å². The van der Waals surface area contributed by atoms with Crippen molar-refractivity contribution in [1.82, 2.24) is 4.98 Å². The maximum absolute atomic E-state index is 13.1. The van der Waals surface area contributed by atoms with Crippen molar-refractivity contribution in [2.24, 2.45) is 5.92 Å². The Bertz CT molecular complexity index is 978. The summed E-state index contributed by atoms with van der Waals surface area (Å²) in [6, 6.07) is 7.05. The van der Waals surface area contributed by atoms with Gasteiger partial charge < -0.3 is 9.72 Å². The summed E-state index contributed by atoms with van der Waals surface area (Å²) in [4.78, 5) is 54.1. The van der Waals surface area contributed by atoms with E-state index in [2.05, 4.69) is 4.98 Å². The third-order valence-electron chi connectivity index (χ3n) is 4.57. The molecule has 1 N–H and O–H groups in total. The number of imide groups is 1. The SMILES string of the molecule is COC(=O)[C@@H]1c2sc(=O)[nH]c2S[C@@H]2C(=O)N(c3ccc(C)cc3)C(=O)[C@@H]21. The molecule has 2 aromatic rings. The minimum atomic E-state index is -0.961. The van der Waals surface area contributed by atoms with E-state index in [9.17, 15) is 19.2 Å². The Morgan fingerprint density at radius 2 is 1.85 bits per heavy atom. The van der Waals surface area contributed by atoms with Gasteiger partial charge >= 0.3 is 10.8 Å². The second-order valence-electron chi connectivity index (χ2n) is 6.12. The van der Waals surface area contributed by atoms with E-state index in [1.807, 2.05) is 19.1 Å². The molecule has 2 aliphatic rings. The third-order valence-corrected chi connectivity index (χ3v) is 6.97. The van der Waals surface area contributed by atoms with E-state index in [0.29, 0.717) is 15.6 Å². The highest BCUT2D eigenvalue weighted by Crippen LogP contribution is 2.51. The fraction of sp³-hybridized carbons (Fsp3) is 0.294. The van der Waals surface area contributed by atoms with E-state index in [1.54, 1.807) is 12.1 Å². The van der Waals surface area contributed by atoms with Crippen molar-refractivity contribution in [3.05, 3.63) is 44.4 Å². The first kappa shape index (κ1) is 17.0. The van der Waals surface area contributed by atoms with Gasteiger partial charge in [-0.1, -0.05) is 40.8 Å². The molecule has 7 nitrogen and oxygen atoms in total. The number of anilines is 1. The number of carbonyl (C=O) groups excluding carboxylic acids is 3. The van der Waals surface area contributed by atoms with Gasteiger partial charge in [0, 0.05) is 0 Å². The Balaban J connectivity index is 1.81. The van der Waals surface area contributed by atoms with E-state index < -0.39 is 29.0 Å². The van der Waals surface area contributed by atoms with Crippen LogP contribution in [-0.4, -0.2) is 35.1 Å². The number of carbonyl (C=O) groups is 3. The lowest BCUT2D eigenvalue weighted by Crippen LogP contribution is -2.35. The lowest BCUT2D eigenvalue weighted by molar-refractivity contribution is -0.145. The van der Waals surface area contributed by atoms with E-state index in [1.165, 1.54) is 7.11 Å². The summed E-state index contributed by atoms with van der Waals surface area (Å²) < 4.78 is 4.86. The number of nitrogens with zero attached hydrogens (tertiary/aromatic N) is 1. The number of benzene rings is 1. The number of hydrogen-bond acceptors (Lipinski definition) is 7. The Morgan fingerprint density at radius 1 is 1.15 bits per heavy atom. The van der Waals surface area contributed by atoms with Gasteiger partial charge in [0.25, 0.3) is 0 Å². The number of aromatic nitrogens is 1. The number of aromatic amines is 1. The first-order valence-corrected chi connectivity index (χ1v) is 9.54. The Labute approximate surface area is 156 Å². The van der Waals surface area contributed by atoms with Gasteiger partial charge in [-0.25, -0.2) is 4.90 Å². The highest BCUT2D eigenvalue weighted by Gasteiger charge is 2.58. The van der Waals surface area contributed by atoms with Crippen LogP contribution in [0.5, 0.6) is 0 Å². The summed E-state index contributed by atoms with van der Waals surface area (Å²) in [5.41, 5.74) is 1.48. The summed E-state index contributed by atoms with van der Waals surface area (Å²) in [5, 5.41) is -0.311. The minimum Gasteiger partial charge on any atom is -0.469 e. The van der Waals surface area contributed by atoms with Crippen LogP contribution in [0.3, 0.4) is 0 Å². The largest absolute Gasteiger partial charge is 0.469 e. The number of thioether (sulfide) groups is 1. The van der Waals surface area contributed by atoms with Gasteiger partial charge in [-0.05, 0) is 19.1 Å². The lowest BCUT2D eigenvalue weighted by atomic mass is 9.89. The molecule has 0 spiro atoms. The molecule has 26 heavy (non-hydrogen) atoms. The second-order valence-corrected chi connectivity index (χ2v) is 8.29. The Morgan fingerprint density at radius 3 is 2.50 bits per heavy atom. The molecule has 134 valence electrons. The number of thiazole rings is 1. The predicted molar refractivity (Wildman–Crippen MR) is 96.5 cm³/mol. The van der Waals surface area contributed by atoms with Crippen LogP contribution in [0.15, 0.2) is 34.1 Å². The second kappa shape index (κ2) is 6.10. The van der Waals surface area contributed by atoms with Crippen molar-refractivity contribution in [3.8, 4) is 0 Å². The van der Waals surface area contributed by atoms with E-state index in [-0.39, 0.29) is 10.8 Å². The molecule has 4 rings (SSSR count). The molecule has 0 radical (unpaired) electrons. The van der Waals surface area contributed by atoms with Crippen molar-refractivity contribution >= 4 is 46.6 Å². The maximum atomic E-state index is 13.1. The molecule has 1 aromatic heterocycles. The topological polar surface area (TPSA) is 96.5 Å². The van der Waals surface area contributed by atoms with Crippen LogP contribution in [0.2, 0.25) is 0 Å². The number of fused-ring (bicyclic) bond motifs is 2. The molecule has 0 aliphatic carbocycles. The monoisotopic (exact) mass is 390 g/mol. The van der Waals surface area contributed by atoms with E-state index in [4.69, 9.17) is 4.74 Å². The molecule has 0 saturated carbocycles. The summed E-state index contributed by atoms with van der Waals surface area (Å²) in [7, 11) is 1.23. The van der Waals surface area contributed by atoms with Gasteiger partial charge in [0.1, 0.15) is 11.2 Å². The molecule has 1 saturated heterocycles. The molecule has 2 amide bonds. The first-order valence-electron chi connectivity index (χ1n) is 7.84. The van der Waals surface area contributed by atoms with Crippen molar-refractivity contribution in [2.75, 3.05) is 12.0 Å². The fourth-order valence-corrected chi connectivity index (χ4v) is 5.82. The first-order chi connectivity index (χ1) is 12.4. The summed E-state index contributed by atoms with van der Waals surface area (Å²) in [6.45, 7) is 1.91. The number of aryl methyl sites for hydroxylation is 1. The van der Waals surface area contributed by atoms with Gasteiger partial charge in [0.2, 0.25) is 11.8 Å². The summed E-state index contributed by atoms with van der Waals surface area (Å²) in [6.07, 6.45) is 0. The molecule has 0 bridgehead atoms. The predicted octanol–water partition coefficient (Wildman–Crippen LogP) is 1.67. The number of rotatable bonds is 2. The van der Waals surface area contributed by atoms with Crippen LogP contribution in [0.1, 0.15) is 16.4 Å². The molecule has 1 aromatic carbocycles. The molecular formula is C17H14N2O5S2. The van der Waals surface area contributed by atoms with Gasteiger partial charge in [-0.15, -0.1) is 0 Å². The van der Waals surface area contributed by atoms with Crippen molar-refractivity contribution in [2.45, 2.75) is 23.1 Å². The van der Waals surface area contributed by atoms with Gasteiger partial charge in [0.15, 0.2) is 0 Å². The number of ether oxygens (including phenoxy) is 1. The minimum absolute atomic E-state index is 0.327. The molecular weight excluding hydrogens is 376 g/mol. The standard InChI is InChI=1S/C17H14N2O5S2/c1-7-3-5-8(6-4-7)19-14(20)9-10(16(22)24-2)11-13(18-17(23)26-11)25-12(9)15(19)21/h3-6,9-10,12H,1-2H3,(H,18,23)/t9-,10+,12+/m1/s1. The molecule has 3 heterocycles. The van der Waals surface area contributed by atoms with E-state index >= 15 is 0 Å². The molecule has 3 atom stereocenters. The molecule has 9 heteroatoms. The number of nitrogens with one attached hydrogen (secondary N) is 1. The van der Waals surface area contributed by atoms with Crippen molar-refractivity contribution in [3.63, 3.8) is 0 Å². The van der Waals surface area contributed by atoms with Crippen LogP contribution < -0.4 is 9.77 Å². The highest BCUT2D eigenvalue weighted by molar-refractivity contribution is 8.00. The zero-order chi connectivity index (χ0) is 18.6. The Kier molecular flexibility index (Phi) is 4.00. The highest BCUT2D eigenvalue weighted by atomic mass is 32.2. The third kappa shape index (κ3) is 2.42. The lowest BCUT2D eigenvalue weighted by Gasteiger charge is -2.27. The van der Waals surface area contributed by atoms with Crippen LogP contribution in [0.25, 0.3) is 0 Å². The zero-order valence-corrected chi connectivity index (χ0v) is 15.5. The number of methoxy groups -OCH3 is 1. The summed E-state index contributed by atoms with van der Waals surface area (Å²) in [5.74, 6) is -3.31. The van der Waals surface area contributed by atoms with E-state index in [0.717, 1.165) is 33.6 Å². The molecule has 1 fully saturated rings. The number of H-pyrrole nitrogens is 1. The fourth-order valence-electron chi connectivity index (χ4n) is 3.35. The number of amides is 2. The Hall–Kier alpha value is -2.39. The normalized spacial score (nSPS) is 24.4. The molecule has 0 unspecified atom stereocenters. The van der Waals surface area contributed by atoms with Crippen molar-refractivity contribution < 1.29 is 19.1 Å². The van der Waals surface area contributed by atoms with Gasteiger partial charge in [-0.3, -0.25) is 19.2 Å². The average Bonchev–Trinajstić information content (AvgIpc) is 3.11. The van der Waals surface area contributed by atoms with Crippen LogP contribution in [-0.2, 0) is 19.1 Å². The van der Waals surface area contributed by atoms with Crippen LogP contribution >= 0.6 is 23.1 Å². The summed E-state index contributed by atoms with van der Waals surface area (Å²) >= 11 is 2.01. The van der Waals surface area contributed by atoms with Gasteiger partial charge in [-0.2, -0.15) is 0 Å². The van der Waals surface area contributed by atoms with Crippen LogP contribution in [0, 0.1) is 12.8 Å². The smallest absolute Gasteiger partial charge is 0.314 e. The maximum Gasteiger partial charge on any atom is 0.314 e. The zero-order valence-electron chi connectivity index (χ0n) is 13.8. The average molecular weight is 390 g/mol.